The van der Waals surface area contributed by atoms with Gasteiger partial charge in [-0.1, -0.05) is 398 Å². The van der Waals surface area contributed by atoms with Gasteiger partial charge < -0.3 is 20.3 Å². The smallest absolute Gasteiger partial charge is 0.305 e. The molecular formula is C78H153NO5. The van der Waals surface area contributed by atoms with Crippen molar-refractivity contribution in [3.05, 3.63) is 12.2 Å². The number of hydrogen-bond acceptors (Lipinski definition) is 5. The van der Waals surface area contributed by atoms with E-state index in [0.717, 1.165) is 44.9 Å². The Kier molecular flexibility index (Phi) is 72.8. The average molecular weight is 1190 g/mol. The molecule has 2 atom stereocenters. The second-order valence-corrected chi connectivity index (χ2v) is 27.0. The summed E-state index contributed by atoms with van der Waals surface area (Å²) in [5, 5.41) is 23.5. The van der Waals surface area contributed by atoms with Crippen LogP contribution in [0.2, 0.25) is 0 Å². The summed E-state index contributed by atoms with van der Waals surface area (Å²) >= 11 is 0. The number of aliphatic hydroxyl groups is 2. The first-order valence-electron chi connectivity index (χ1n) is 38.9. The molecule has 500 valence electrons. The molecule has 0 aromatic rings. The van der Waals surface area contributed by atoms with Crippen molar-refractivity contribution < 1.29 is 24.5 Å². The fourth-order valence-electron chi connectivity index (χ4n) is 12.6. The van der Waals surface area contributed by atoms with Gasteiger partial charge in [-0.25, -0.2) is 0 Å². The fourth-order valence-corrected chi connectivity index (χ4v) is 12.6. The van der Waals surface area contributed by atoms with Gasteiger partial charge in [-0.05, 0) is 51.4 Å². The number of unbranched alkanes of at least 4 members (excludes halogenated alkanes) is 61. The van der Waals surface area contributed by atoms with Crippen LogP contribution in [0, 0.1) is 0 Å². The van der Waals surface area contributed by atoms with Crippen LogP contribution < -0.4 is 5.32 Å². The van der Waals surface area contributed by atoms with E-state index in [4.69, 9.17) is 4.74 Å². The molecule has 0 fully saturated rings. The van der Waals surface area contributed by atoms with Crippen LogP contribution in [0.4, 0.5) is 0 Å². The van der Waals surface area contributed by atoms with Crippen LogP contribution in [0.25, 0.3) is 0 Å². The molecule has 0 aliphatic carbocycles. The number of esters is 1. The maximum absolute atomic E-state index is 12.6. The third kappa shape index (κ3) is 69.7. The number of rotatable bonds is 74. The first-order valence-corrected chi connectivity index (χ1v) is 38.9. The molecule has 1 amide bonds. The third-order valence-corrected chi connectivity index (χ3v) is 18.6. The van der Waals surface area contributed by atoms with Gasteiger partial charge in [-0.2, -0.15) is 0 Å². The number of hydrogen-bond donors (Lipinski definition) is 3. The zero-order valence-corrected chi connectivity index (χ0v) is 57.4. The molecule has 0 saturated heterocycles. The van der Waals surface area contributed by atoms with Gasteiger partial charge in [0.1, 0.15) is 0 Å². The van der Waals surface area contributed by atoms with E-state index in [9.17, 15) is 19.8 Å². The average Bonchev–Trinajstić information content (AvgIpc) is 3.51. The highest BCUT2D eigenvalue weighted by Crippen LogP contribution is 2.20. The van der Waals surface area contributed by atoms with Gasteiger partial charge in [0.25, 0.3) is 0 Å². The number of amides is 1. The molecule has 84 heavy (non-hydrogen) atoms. The van der Waals surface area contributed by atoms with Crippen LogP contribution >= 0.6 is 0 Å². The van der Waals surface area contributed by atoms with E-state index >= 15 is 0 Å². The fraction of sp³-hybridized carbons (Fsp3) is 0.949. The van der Waals surface area contributed by atoms with Gasteiger partial charge >= 0.3 is 5.97 Å². The molecule has 3 N–H and O–H groups in total. The van der Waals surface area contributed by atoms with Crippen LogP contribution in [0.5, 0.6) is 0 Å². The molecule has 2 unspecified atom stereocenters. The highest BCUT2D eigenvalue weighted by Gasteiger charge is 2.20. The van der Waals surface area contributed by atoms with Crippen molar-refractivity contribution in [2.24, 2.45) is 0 Å². The Balaban J connectivity index is 3.33. The van der Waals surface area contributed by atoms with Gasteiger partial charge in [0, 0.05) is 12.8 Å². The third-order valence-electron chi connectivity index (χ3n) is 18.6. The highest BCUT2D eigenvalue weighted by molar-refractivity contribution is 5.76. The summed E-state index contributed by atoms with van der Waals surface area (Å²) in [4.78, 5) is 24.6. The first-order chi connectivity index (χ1) is 41.5. The van der Waals surface area contributed by atoms with Crippen LogP contribution in [-0.4, -0.2) is 47.4 Å². The van der Waals surface area contributed by atoms with Crippen molar-refractivity contribution in [3.63, 3.8) is 0 Å². The monoisotopic (exact) mass is 1180 g/mol. The van der Waals surface area contributed by atoms with E-state index in [1.807, 2.05) is 0 Å². The number of carbonyl (C=O) groups is 2. The van der Waals surface area contributed by atoms with Crippen molar-refractivity contribution in [1.82, 2.24) is 5.32 Å². The van der Waals surface area contributed by atoms with Gasteiger partial charge in [-0.15, -0.1) is 0 Å². The summed E-state index contributed by atoms with van der Waals surface area (Å²) in [7, 11) is 0. The molecule has 0 radical (unpaired) electrons. The van der Waals surface area contributed by atoms with Crippen molar-refractivity contribution >= 4 is 11.9 Å². The molecule has 0 bridgehead atoms. The Labute approximate surface area is 527 Å². The molecule has 0 aliphatic heterocycles. The maximum Gasteiger partial charge on any atom is 0.305 e. The van der Waals surface area contributed by atoms with E-state index in [-0.39, 0.29) is 18.5 Å². The Morgan fingerprint density at radius 2 is 0.560 bits per heavy atom. The summed E-state index contributed by atoms with van der Waals surface area (Å²) in [6, 6.07) is -0.539. The molecule has 0 aliphatic rings. The Morgan fingerprint density at radius 3 is 0.845 bits per heavy atom. The van der Waals surface area contributed by atoms with Gasteiger partial charge in [-0.3, -0.25) is 9.59 Å². The van der Waals surface area contributed by atoms with Crippen molar-refractivity contribution in [2.45, 2.75) is 463 Å². The number of ether oxygens (including phenoxy) is 1. The number of allylic oxidation sites excluding steroid dienone is 2. The Hall–Kier alpha value is -1.40. The lowest BCUT2D eigenvalue weighted by atomic mass is 10.0. The summed E-state index contributed by atoms with van der Waals surface area (Å²) < 4.78 is 5.50. The summed E-state index contributed by atoms with van der Waals surface area (Å²) in [6.07, 6.45) is 93.0. The van der Waals surface area contributed by atoms with Crippen molar-refractivity contribution in [3.8, 4) is 0 Å². The zero-order valence-electron chi connectivity index (χ0n) is 57.4. The number of nitrogens with one attached hydrogen (secondary N) is 1. The molecule has 0 spiro atoms. The van der Waals surface area contributed by atoms with E-state index in [2.05, 4.69) is 31.3 Å². The summed E-state index contributed by atoms with van der Waals surface area (Å²) in [5.74, 6) is -0.0112. The lowest BCUT2D eigenvalue weighted by molar-refractivity contribution is -0.143. The minimum Gasteiger partial charge on any atom is -0.466 e. The minimum absolute atomic E-state index is 0.0140. The molecule has 0 aromatic heterocycles. The van der Waals surface area contributed by atoms with E-state index in [1.165, 1.54) is 372 Å². The number of carbonyl (C=O) groups excluding carboxylic acids is 2. The van der Waals surface area contributed by atoms with Crippen LogP contribution in [0.15, 0.2) is 12.2 Å². The second-order valence-electron chi connectivity index (χ2n) is 27.0. The summed E-state index contributed by atoms with van der Waals surface area (Å²) in [5.41, 5.74) is 0. The van der Waals surface area contributed by atoms with Crippen molar-refractivity contribution in [1.29, 1.82) is 0 Å². The Bertz CT molecular complexity index is 1270. The first kappa shape index (κ1) is 82.6. The van der Waals surface area contributed by atoms with E-state index in [1.54, 1.807) is 0 Å². The van der Waals surface area contributed by atoms with Crippen LogP contribution in [0.1, 0.15) is 450 Å². The SMILES string of the molecule is CCCCCCCC/C=C\CCCCCCCC(=O)OCCCCCCCCCCCCCCCCCCCCCCCCCCCCCCCCCC(=O)NC(CO)C(O)CCCCCCCCCCCCCCCCCCCCCCC. The van der Waals surface area contributed by atoms with Crippen molar-refractivity contribution in [2.75, 3.05) is 13.2 Å². The van der Waals surface area contributed by atoms with Gasteiger partial charge in [0.15, 0.2) is 0 Å². The van der Waals surface area contributed by atoms with Gasteiger partial charge in [0.2, 0.25) is 5.91 Å². The van der Waals surface area contributed by atoms with Gasteiger partial charge in [0.05, 0.1) is 25.4 Å². The zero-order chi connectivity index (χ0) is 60.6. The molecule has 6 nitrogen and oxygen atoms in total. The minimum atomic E-state index is -0.662. The lowest BCUT2D eigenvalue weighted by Gasteiger charge is -2.22. The normalized spacial score (nSPS) is 12.5. The maximum atomic E-state index is 12.6. The second kappa shape index (κ2) is 74.1. The van der Waals surface area contributed by atoms with Crippen LogP contribution in [-0.2, 0) is 14.3 Å². The quantitative estimate of drug-likeness (QED) is 0.0320. The van der Waals surface area contributed by atoms with E-state index < -0.39 is 12.1 Å². The Morgan fingerprint density at radius 1 is 0.321 bits per heavy atom. The molecule has 0 heterocycles. The predicted molar refractivity (Wildman–Crippen MR) is 370 cm³/mol. The highest BCUT2D eigenvalue weighted by atomic mass is 16.5. The van der Waals surface area contributed by atoms with E-state index in [0.29, 0.717) is 25.9 Å². The summed E-state index contributed by atoms with van der Waals surface area (Å²) in [6.45, 7) is 5.00. The molecule has 6 heteroatoms. The molecular weight excluding hydrogens is 1030 g/mol. The molecule has 0 saturated carbocycles. The topological polar surface area (TPSA) is 95.9 Å². The largest absolute Gasteiger partial charge is 0.466 e. The predicted octanol–water partition coefficient (Wildman–Crippen LogP) is 25.5. The lowest BCUT2D eigenvalue weighted by Crippen LogP contribution is -2.45. The standard InChI is InChI=1S/C78H153NO5/c1-3-5-7-9-11-13-15-17-19-20-21-33-36-39-43-46-50-54-58-62-66-70-76(81)75(74-80)79-77(82)71-67-63-59-55-51-47-44-40-37-34-31-29-27-25-23-22-24-26-28-30-32-35-38-41-45-49-53-57-61-65-69-73-84-78(83)72-68-64-60-56-52-48-42-18-16-14-12-10-8-6-4-2/h18,42,75-76,80-81H,3-17,19-41,43-74H2,1-2H3,(H,79,82)/b42-18-. The molecule has 0 aromatic carbocycles. The number of aliphatic hydroxyl groups excluding tert-OH is 2. The molecule has 0 rings (SSSR count). The van der Waals surface area contributed by atoms with Crippen LogP contribution in [0.3, 0.4) is 0 Å².